The molecule has 148 valence electrons. The molecule has 0 aliphatic carbocycles. The molecule has 0 radical (unpaired) electrons. The molecule has 4 rings (SSSR count). The van der Waals surface area contributed by atoms with Crippen molar-refractivity contribution in [1.82, 2.24) is 0 Å². The van der Waals surface area contributed by atoms with Gasteiger partial charge >= 0.3 is 0 Å². The predicted molar refractivity (Wildman–Crippen MR) is 109 cm³/mol. The van der Waals surface area contributed by atoms with Crippen molar-refractivity contribution in [2.24, 2.45) is 0 Å². The summed E-state index contributed by atoms with van der Waals surface area (Å²) in [6.45, 7) is 0. The van der Waals surface area contributed by atoms with Crippen LogP contribution >= 0.6 is 11.3 Å². The third-order valence-corrected chi connectivity index (χ3v) is 5.82. The average Bonchev–Trinajstić information content (AvgIpc) is 3.38. The number of non-ortho nitro benzene ring substituents is 2. The molecule has 0 spiro atoms. The fourth-order valence-corrected chi connectivity index (χ4v) is 4.20. The standard InChI is InChI=1S/C20H17N3O5S/c24-22(25)16-5-3-14(4-6-16)12-18-13-19(20-2-1-11-29-20)28-21(18)15-7-9-17(10-8-15)23(26)27/h1-11,18-19H,12-13H2/t18-,19-/m1/s1. The molecule has 2 aromatic carbocycles. The third-order valence-electron chi connectivity index (χ3n) is 4.85. The van der Waals surface area contributed by atoms with Crippen molar-refractivity contribution in [1.29, 1.82) is 0 Å². The molecule has 8 nitrogen and oxygen atoms in total. The Hall–Kier alpha value is -3.30. The van der Waals surface area contributed by atoms with Crippen LogP contribution in [0, 0.1) is 20.2 Å². The average molecular weight is 411 g/mol. The van der Waals surface area contributed by atoms with Crippen LogP contribution in [0.2, 0.25) is 0 Å². The molecule has 1 aliphatic rings. The second-order valence-corrected chi connectivity index (χ2v) is 7.71. The molecule has 0 N–H and O–H groups in total. The minimum absolute atomic E-state index is 0.00925. The van der Waals surface area contributed by atoms with Crippen LogP contribution in [0.3, 0.4) is 0 Å². The first-order valence-corrected chi connectivity index (χ1v) is 9.86. The zero-order valence-electron chi connectivity index (χ0n) is 15.2. The van der Waals surface area contributed by atoms with Gasteiger partial charge in [-0.2, -0.15) is 0 Å². The molecule has 29 heavy (non-hydrogen) atoms. The Bertz CT molecular complexity index is 1010. The Labute approximate surface area is 170 Å². The molecule has 3 aromatic rings. The van der Waals surface area contributed by atoms with Gasteiger partial charge in [0, 0.05) is 35.6 Å². The van der Waals surface area contributed by atoms with Crippen LogP contribution in [-0.2, 0) is 11.3 Å². The summed E-state index contributed by atoms with van der Waals surface area (Å²) in [6.07, 6.45) is 1.28. The molecular weight excluding hydrogens is 394 g/mol. The van der Waals surface area contributed by atoms with Crippen LogP contribution in [0.4, 0.5) is 17.1 Å². The molecule has 1 saturated heterocycles. The van der Waals surface area contributed by atoms with E-state index in [0.29, 0.717) is 6.42 Å². The predicted octanol–water partition coefficient (Wildman–Crippen LogP) is 5.06. The van der Waals surface area contributed by atoms with Crippen LogP contribution in [0.5, 0.6) is 0 Å². The molecule has 2 atom stereocenters. The highest BCUT2D eigenvalue weighted by Gasteiger charge is 2.35. The van der Waals surface area contributed by atoms with Gasteiger partial charge in [0.25, 0.3) is 11.4 Å². The van der Waals surface area contributed by atoms with E-state index in [1.165, 1.54) is 24.3 Å². The number of hydrogen-bond donors (Lipinski definition) is 0. The Morgan fingerprint density at radius 3 is 2.14 bits per heavy atom. The van der Waals surface area contributed by atoms with E-state index in [1.807, 2.05) is 17.5 Å². The van der Waals surface area contributed by atoms with Crippen LogP contribution in [-0.4, -0.2) is 15.9 Å². The third kappa shape index (κ3) is 4.10. The molecule has 9 heteroatoms. The van der Waals surface area contributed by atoms with E-state index in [-0.39, 0.29) is 23.5 Å². The van der Waals surface area contributed by atoms with Gasteiger partial charge in [-0.15, -0.1) is 11.3 Å². The minimum Gasteiger partial charge on any atom is -0.264 e. The topological polar surface area (TPSA) is 98.8 Å². The maximum atomic E-state index is 10.9. The number of rotatable bonds is 6. The quantitative estimate of drug-likeness (QED) is 0.415. The lowest BCUT2D eigenvalue weighted by Gasteiger charge is -2.24. The zero-order chi connectivity index (χ0) is 20.4. The van der Waals surface area contributed by atoms with Gasteiger partial charge in [-0.05, 0) is 35.6 Å². The summed E-state index contributed by atoms with van der Waals surface area (Å²) < 4.78 is 0. The monoisotopic (exact) mass is 411 g/mol. The number of benzene rings is 2. The molecule has 2 heterocycles. The van der Waals surface area contributed by atoms with E-state index in [0.717, 1.165) is 22.5 Å². The fraction of sp³-hybridized carbons (Fsp3) is 0.200. The lowest BCUT2D eigenvalue weighted by molar-refractivity contribution is -0.385. The summed E-state index contributed by atoms with van der Waals surface area (Å²) >= 11 is 1.62. The Balaban J connectivity index is 1.59. The van der Waals surface area contributed by atoms with Gasteiger partial charge in [0.15, 0.2) is 0 Å². The minimum atomic E-state index is -0.433. The lowest BCUT2D eigenvalue weighted by atomic mass is 10.0. The van der Waals surface area contributed by atoms with Crippen molar-refractivity contribution in [3.05, 3.63) is 96.7 Å². The molecular formula is C20H17N3O5S. The number of anilines is 1. The number of thiophene rings is 1. The van der Waals surface area contributed by atoms with E-state index in [2.05, 4.69) is 0 Å². The number of nitro benzene ring substituents is 2. The van der Waals surface area contributed by atoms with Gasteiger partial charge in [0.1, 0.15) is 6.10 Å². The van der Waals surface area contributed by atoms with Crippen LogP contribution < -0.4 is 5.06 Å². The van der Waals surface area contributed by atoms with E-state index in [9.17, 15) is 20.2 Å². The first kappa shape index (κ1) is 19.0. The summed E-state index contributed by atoms with van der Waals surface area (Å²) in [5.74, 6) is 0. The van der Waals surface area contributed by atoms with Crippen LogP contribution in [0.1, 0.15) is 23.0 Å². The molecule has 1 fully saturated rings. The zero-order valence-corrected chi connectivity index (χ0v) is 16.0. The summed E-state index contributed by atoms with van der Waals surface area (Å²) in [7, 11) is 0. The Morgan fingerprint density at radius 2 is 1.59 bits per heavy atom. The van der Waals surface area contributed by atoms with Crippen molar-refractivity contribution < 1.29 is 14.7 Å². The summed E-state index contributed by atoms with van der Waals surface area (Å²) in [4.78, 5) is 28.3. The molecule has 0 unspecified atom stereocenters. The van der Waals surface area contributed by atoms with Crippen LogP contribution in [0.25, 0.3) is 0 Å². The molecule has 1 aromatic heterocycles. The summed E-state index contributed by atoms with van der Waals surface area (Å²) in [6, 6.07) is 16.8. The summed E-state index contributed by atoms with van der Waals surface area (Å²) in [5.41, 5.74) is 1.78. The van der Waals surface area contributed by atoms with E-state index in [1.54, 1.807) is 40.7 Å². The van der Waals surface area contributed by atoms with Crippen molar-refractivity contribution in [3.8, 4) is 0 Å². The van der Waals surface area contributed by atoms with Crippen molar-refractivity contribution >= 4 is 28.4 Å². The van der Waals surface area contributed by atoms with Crippen molar-refractivity contribution in [2.45, 2.75) is 25.0 Å². The fourth-order valence-electron chi connectivity index (χ4n) is 3.44. The van der Waals surface area contributed by atoms with E-state index < -0.39 is 9.85 Å². The Morgan fingerprint density at radius 1 is 0.966 bits per heavy atom. The number of nitrogens with zero attached hydrogens (tertiary/aromatic N) is 3. The van der Waals surface area contributed by atoms with Gasteiger partial charge in [-0.3, -0.25) is 25.1 Å². The first-order chi connectivity index (χ1) is 14.0. The largest absolute Gasteiger partial charge is 0.269 e. The van der Waals surface area contributed by atoms with E-state index >= 15 is 0 Å². The normalized spacial score (nSPS) is 18.7. The second-order valence-electron chi connectivity index (χ2n) is 6.73. The summed E-state index contributed by atoms with van der Waals surface area (Å²) in [5, 5.41) is 25.6. The molecule has 0 bridgehead atoms. The van der Waals surface area contributed by atoms with Crippen LogP contribution in [0.15, 0.2) is 66.0 Å². The number of hydroxylamine groups is 1. The number of nitro groups is 2. The molecule has 1 aliphatic heterocycles. The van der Waals surface area contributed by atoms with E-state index in [4.69, 9.17) is 4.84 Å². The van der Waals surface area contributed by atoms with Crippen molar-refractivity contribution in [2.75, 3.05) is 5.06 Å². The highest BCUT2D eigenvalue weighted by molar-refractivity contribution is 7.10. The smallest absolute Gasteiger partial charge is 0.264 e. The SMILES string of the molecule is O=[N+]([O-])c1ccc(C[C@@H]2C[C@H](c3cccs3)ON2c2ccc([N+](=O)[O-])cc2)cc1. The first-order valence-electron chi connectivity index (χ1n) is 8.98. The number of hydrogen-bond acceptors (Lipinski definition) is 7. The molecule has 0 amide bonds. The van der Waals surface area contributed by atoms with Gasteiger partial charge in [0.2, 0.25) is 0 Å². The van der Waals surface area contributed by atoms with Gasteiger partial charge in [-0.25, -0.2) is 5.06 Å². The van der Waals surface area contributed by atoms with Crippen molar-refractivity contribution in [3.63, 3.8) is 0 Å². The molecule has 0 saturated carbocycles. The highest BCUT2D eigenvalue weighted by atomic mass is 32.1. The maximum Gasteiger partial charge on any atom is 0.269 e. The second kappa shape index (κ2) is 7.98. The lowest BCUT2D eigenvalue weighted by Crippen LogP contribution is -2.29. The maximum absolute atomic E-state index is 10.9. The Kier molecular flexibility index (Phi) is 5.24. The van der Waals surface area contributed by atoms with Gasteiger partial charge in [-0.1, -0.05) is 18.2 Å². The van der Waals surface area contributed by atoms with Gasteiger partial charge in [0.05, 0.1) is 21.6 Å². The highest BCUT2D eigenvalue weighted by Crippen LogP contribution is 2.39. The van der Waals surface area contributed by atoms with Gasteiger partial charge < -0.3 is 0 Å².